The van der Waals surface area contributed by atoms with E-state index in [9.17, 15) is 4.79 Å². The second-order valence-electron chi connectivity index (χ2n) is 6.70. The summed E-state index contributed by atoms with van der Waals surface area (Å²) in [4.78, 5) is 18.8. The fourth-order valence-corrected chi connectivity index (χ4v) is 3.35. The van der Waals surface area contributed by atoms with E-state index < -0.39 is 0 Å². The molecule has 1 heterocycles. The quantitative estimate of drug-likeness (QED) is 0.577. The van der Waals surface area contributed by atoms with Crippen LogP contribution in [-0.4, -0.2) is 36.5 Å². The monoisotopic (exact) mass is 417 g/mol. The van der Waals surface area contributed by atoms with Crippen molar-refractivity contribution in [3.8, 4) is 5.75 Å². The Morgan fingerprint density at radius 2 is 1.96 bits per heavy atom. The molecular formula is C21H21Cl2N3O2. The van der Waals surface area contributed by atoms with Crippen LogP contribution in [0, 0.1) is 6.92 Å². The van der Waals surface area contributed by atoms with Crippen LogP contribution in [0.1, 0.15) is 11.1 Å². The van der Waals surface area contributed by atoms with Crippen molar-refractivity contribution in [2.75, 3.05) is 26.0 Å². The molecule has 1 N–H and O–H groups in total. The van der Waals surface area contributed by atoms with E-state index in [4.69, 9.17) is 27.9 Å². The highest BCUT2D eigenvalue weighted by molar-refractivity contribution is 6.31. The average Bonchev–Trinajstić information content (AvgIpc) is 2.62. The molecule has 0 unspecified atom stereocenters. The van der Waals surface area contributed by atoms with Gasteiger partial charge in [-0.2, -0.15) is 0 Å². The smallest absolute Gasteiger partial charge is 0.238 e. The number of rotatable bonds is 6. The van der Waals surface area contributed by atoms with E-state index >= 15 is 0 Å². The number of halogens is 2. The maximum atomic E-state index is 12.4. The van der Waals surface area contributed by atoms with Crippen LogP contribution in [0.4, 0.5) is 5.69 Å². The fraction of sp³-hybridized carbons (Fsp3) is 0.238. The molecule has 0 radical (unpaired) electrons. The second kappa shape index (κ2) is 8.78. The third kappa shape index (κ3) is 4.93. The molecular weight excluding hydrogens is 397 g/mol. The van der Waals surface area contributed by atoms with Gasteiger partial charge in [0.05, 0.1) is 24.9 Å². The SMILES string of the molecule is COc1ccc(Cl)cc1NC(=O)CN(C)Cc1cc2ccc(C)cc2nc1Cl. The molecule has 0 bridgehead atoms. The van der Waals surface area contributed by atoms with E-state index in [-0.39, 0.29) is 12.5 Å². The normalized spacial score (nSPS) is 11.1. The molecule has 0 fully saturated rings. The number of aromatic nitrogens is 1. The van der Waals surface area contributed by atoms with Crippen molar-refractivity contribution in [2.24, 2.45) is 0 Å². The first-order valence-corrected chi connectivity index (χ1v) is 9.49. The Hall–Kier alpha value is -2.34. The molecule has 7 heteroatoms. The number of nitrogens with zero attached hydrogens (tertiary/aromatic N) is 2. The number of aryl methyl sites for hydroxylation is 1. The van der Waals surface area contributed by atoms with Crippen molar-refractivity contribution >= 4 is 45.7 Å². The number of carbonyl (C=O) groups is 1. The van der Waals surface area contributed by atoms with Crippen LogP contribution in [0.15, 0.2) is 42.5 Å². The Bertz CT molecular complexity index is 1020. The second-order valence-corrected chi connectivity index (χ2v) is 7.49. The largest absolute Gasteiger partial charge is 0.495 e. The molecule has 146 valence electrons. The average molecular weight is 418 g/mol. The lowest BCUT2D eigenvalue weighted by molar-refractivity contribution is -0.117. The molecule has 28 heavy (non-hydrogen) atoms. The minimum Gasteiger partial charge on any atom is -0.495 e. The standard InChI is InChI=1S/C21H21Cl2N3O2/c1-13-4-5-14-9-15(21(23)25-17(14)8-13)11-26(2)12-20(27)24-18-10-16(22)6-7-19(18)28-3/h4-10H,11-12H2,1-3H3,(H,24,27). The minimum absolute atomic E-state index is 0.177. The van der Waals surface area contributed by atoms with E-state index in [2.05, 4.69) is 10.3 Å². The number of anilines is 1. The maximum Gasteiger partial charge on any atom is 0.238 e. The number of pyridine rings is 1. The summed E-state index contributed by atoms with van der Waals surface area (Å²) in [6.45, 7) is 2.69. The number of hydrogen-bond acceptors (Lipinski definition) is 4. The summed E-state index contributed by atoms with van der Waals surface area (Å²) in [6, 6.07) is 13.2. The zero-order valence-electron chi connectivity index (χ0n) is 15.9. The number of methoxy groups -OCH3 is 1. The molecule has 0 spiro atoms. The molecule has 1 aromatic heterocycles. The summed E-state index contributed by atoms with van der Waals surface area (Å²) < 4.78 is 5.25. The molecule has 3 rings (SSSR count). The van der Waals surface area contributed by atoms with E-state index in [0.717, 1.165) is 22.0 Å². The van der Waals surface area contributed by atoms with E-state index in [1.54, 1.807) is 25.3 Å². The van der Waals surface area contributed by atoms with Crippen LogP contribution < -0.4 is 10.1 Å². The zero-order chi connectivity index (χ0) is 20.3. The van der Waals surface area contributed by atoms with Gasteiger partial charge in [0.15, 0.2) is 0 Å². The Labute approximate surface area is 174 Å². The fourth-order valence-electron chi connectivity index (χ4n) is 2.97. The van der Waals surface area contributed by atoms with Gasteiger partial charge in [-0.25, -0.2) is 4.98 Å². The topological polar surface area (TPSA) is 54.5 Å². The van der Waals surface area contributed by atoms with Gasteiger partial charge in [0, 0.05) is 22.5 Å². The van der Waals surface area contributed by atoms with Gasteiger partial charge in [-0.1, -0.05) is 35.3 Å². The summed E-state index contributed by atoms with van der Waals surface area (Å²) in [6.07, 6.45) is 0. The summed E-state index contributed by atoms with van der Waals surface area (Å²) in [7, 11) is 3.39. The minimum atomic E-state index is -0.177. The number of benzene rings is 2. The van der Waals surface area contributed by atoms with Crippen LogP contribution in [0.25, 0.3) is 10.9 Å². The summed E-state index contributed by atoms with van der Waals surface area (Å²) in [5.74, 6) is 0.376. The van der Waals surface area contributed by atoms with Crippen LogP contribution in [0.5, 0.6) is 5.75 Å². The molecule has 3 aromatic rings. The number of fused-ring (bicyclic) bond motifs is 1. The van der Waals surface area contributed by atoms with Crippen LogP contribution >= 0.6 is 23.2 Å². The van der Waals surface area contributed by atoms with Crippen molar-refractivity contribution < 1.29 is 9.53 Å². The molecule has 0 atom stereocenters. The van der Waals surface area contributed by atoms with Crippen LogP contribution in [-0.2, 0) is 11.3 Å². The third-order valence-corrected chi connectivity index (χ3v) is 4.85. The first-order chi connectivity index (χ1) is 13.4. The molecule has 1 amide bonds. The first-order valence-electron chi connectivity index (χ1n) is 8.73. The van der Waals surface area contributed by atoms with Crippen LogP contribution in [0.2, 0.25) is 10.2 Å². The number of likely N-dealkylation sites (N-methyl/N-ethyl adjacent to an activating group) is 1. The first kappa shape index (κ1) is 20.4. The third-order valence-electron chi connectivity index (χ3n) is 4.29. The van der Waals surface area contributed by atoms with E-state index in [1.807, 2.05) is 43.1 Å². The zero-order valence-corrected chi connectivity index (χ0v) is 17.4. The molecule has 0 aliphatic rings. The van der Waals surface area contributed by atoms with Gasteiger partial charge >= 0.3 is 0 Å². The molecule has 0 saturated carbocycles. The number of hydrogen-bond donors (Lipinski definition) is 1. The van der Waals surface area contributed by atoms with Crippen molar-refractivity contribution in [2.45, 2.75) is 13.5 Å². The van der Waals surface area contributed by atoms with Gasteiger partial charge < -0.3 is 10.1 Å². The molecule has 0 aliphatic heterocycles. The van der Waals surface area contributed by atoms with Gasteiger partial charge in [-0.05, 0) is 49.9 Å². The lowest BCUT2D eigenvalue weighted by Crippen LogP contribution is -2.30. The number of ether oxygens (including phenoxy) is 1. The van der Waals surface area contributed by atoms with Crippen molar-refractivity contribution in [1.29, 1.82) is 0 Å². The molecule has 0 saturated heterocycles. The summed E-state index contributed by atoms with van der Waals surface area (Å²) in [5.41, 5.74) is 3.40. The lowest BCUT2D eigenvalue weighted by atomic mass is 10.1. The van der Waals surface area contributed by atoms with Crippen molar-refractivity contribution in [3.63, 3.8) is 0 Å². The summed E-state index contributed by atoms with van der Waals surface area (Å²) >= 11 is 12.4. The van der Waals surface area contributed by atoms with Gasteiger partial charge in [-0.15, -0.1) is 0 Å². The highest BCUT2D eigenvalue weighted by Crippen LogP contribution is 2.27. The Morgan fingerprint density at radius 1 is 1.18 bits per heavy atom. The number of nitrogens with one attached hydrogen (secondary N) is 1. The number of carbonyl (C=O) groups excluding carboxylic acids is 1. The van der Waals surface area contributed by atoms with E-state index in [0.29, 0.717) is 28.2 Å². The van der Waals surface area contributed by atoms with Crippen LogP contribution in [0.3, 0.4) is 0 Å². The highest BCUT2D eigenvalue weighted by Gasteiger charge is 2.13. The van der Waals surface area contributed by atoms with Gasteiger partial charge in [0.1, 0.15) is 10.9 Å². The molecule has 2 aromatic carbocycles. The Morgan fingerprint density at radius 3 is 2.71 bits per heavy atom. The van der Waals surface area contributed by atoms with E-state index in [1.165, 1.54) is 0 Å². The lowest BCUT2D eigenvalue weighted by Gasteiger charge is -2.18. The predicted octanol–water partition coefficient (Wildman–Crippen LogP) is 4.93. The molecule has 5 nitrogen and oxygen atoms in total. The maximum absolute atomic E-state index is 12.4. The summed E-state index contributed by atoms with van der Waals surface area (Å²) in [5, 5.41) is 4.82. The Balaban J connectivity index is 1.68. The highest BCUT2D eigenvalue weighted by atomic mass is 35.5. The molecule has 0 aliphatic carbocycles. The van der Waals surface area contributed by atoms with Gasteiger partial charge in [0.25, 0.3) is 0 Å². The van der Waals surface area contributed by atoms with Crippen molar-refractivity contribution in [3.05, 3.63) is 63.8 Å². The van der Waals surface area contributed by atoms with Crippen molar-refractivity contribution in [1.82, 2.24) is 9.88 Å². The number of amides is 1. The van der Waals surface area contributed by atoms with Gasteiger partial charge in [0.2, 0.25) is 5.91 Å². The van der Waals surface area contributed by atoms with Gasteiger partial charge in [-0.3, -0.25) is 9.69 Å². The predicted molar refractivity (Wildman–Crippen MR) is 114 cm³/mol. The Kier molecular flexibility index (Phi) is 6.39.